The van der Waals surface area contributed by atoms with E-state index in [9.17, 15) is 27.6 Å². The highest BCUT2D eigenvalue weighted by Gasteiger charge is 2.62. The van der Waals surface area contributed by atoms with Crippen LogP contribution in [0.4, 0.5) is 4.79 Å². The van der Waals surface area contributed by atoms with Gasteiger partial charge in [0, 0.05) is 23.2 Å². The van der Waals surface area contributed by atoms with Gasteiger partial charge in [0.05, 0.1) is 23.7 Å². The molecule has 2 aromatic rings. The lowest BCUT2D eigenvalue weighted by Gasteiger charge is -2.36. The van der Waals surface area contributed by atoms with Crippen LogP contribution in [0.3, 0.4) is 0 Å². The molecule has 0 unspecified atom stereocenters. The molecule has 5 amide bonds. The van der Waals surface area contributed by atoms with Crippen molar-refractivity contribution in [1.82, 2.24) is 20.3 Å². The number of ether oxygens (including phenoxy) is 1. The van der Waals surface area contributed by atoms with Gasteiger partial charge < -0.3 is 20.2 Å². The predicted octanol–water partition coefficient (Wildman–Crippen LogP) is 4.23. The summed E-state index contributed by atoms with van der Waals surface area (Å²) in [6.07, 6.45) is 2.57. The van der Waals surface area contributed by atoms with Crippen LogP contribution in [0.2, 0.25) is 0 Å². The molecule has 0 saturated heterocycles. The summed E-state index contributed by atoms with van der Waals surface area (Å²) < 4.78 is 33.7. The number of fused-ring (bicyclic) bond motifs is 6. The summed E-state index contributed by atoms with van der Waals surface area (Å²) >= 11 is 0. The predicted molar refractivity (Wildman–Crippen MR) is 193 cm³/mol. The number of amides is 5. The summed E-state index contributed by atoms with van der Waals surface area (Å²) in [4.78, 5) is 63.4. The van der Waals surface area contributed by atoms with Gasteiger partial charge in [0.25, 0.3) is 5.91 Å². The molecule has 4 aliphatic carbocycles. The van der Waals surface area contributed by atoms with Gasteiger partial charge in [0.1, 0.15) is 23.1 Å². The number of sulfonamides is 1. The number of imide groups is 1. The molecule has 0 radical (unpaired) electrons. The lowest BCUT2D eigenvalue weighted by molar-refractivity contribution is -0.142. The molecule has 3 fully saturated rings. The highest BCUT2D eigenvalue weighted by molar-refractivity contribution is 7.91. The Kier molecular flexibility index (Phi) is 9.33. The number of carbonyl (C=O) groups is 4. The van der Waals surface area contributed by atoms with Gasteiger partial charge in [-0.2, -0.15) is 0 Å². The van der Waals surface area contributed by atoms with E-state index in [2.05, 4.69) is 20.5 Å². The number of nitrogens with zero attached hydrogens (tertiary/aromatic N) is 2. The fourth-order valence-corrected chi connectivity index (χ4v) is 9.24. The largest absolute Gasteiger partial charge is 0.494 e. The number of benzene rings is 2. The molecule has 2 aromatic carbocycles. The zero-order valence-corrected chi connectivity index (χ0v) is 30.9. The molecule has 1 heterocycles. The zero-order valence-electron chi connectivity index (χ0n) is 30.1. The molecule has 1 aliphatic heterocycles. The van der Waals surface area contributed by atoms with Crippen molar-refractivity contribution in [3.05, 3.63) is 53.6 Å². The molecule has 278 valence electrons. The Labute approximate surface area is 304 Å². The van der Waals surface area contributed by atoms with E-state index in [0.29, 0.717) is 56.7 Å². The second-order valence-electron chi connectivity index (χ2n) is 15.7. The Hall–Kier alpha value is -4.46. The summed E-state index contributed by atoms with van der Waals surface area (Å²) in [7, 11) is -3.85. The fourth-order valence-electron chi connectivity index (χ4n) is 7.88. The smallest absolute Gasteiger partial charge is 0.324 e. The van der Waals surface area contributed by atoms with Crippen molar-refractivity contribution in [3.63, 3.8) is 0 Å². The number of rotatable bonds is 6. The summed E-state index contributed by atoms with van der Waals surface area (Å²) in [5, 5.41) is 9.81. The Balaban J connectivity index is 1.22. The first kappa shape index (κ1) is 35.9. The monoisotopic (exact) mass is 733 g/mol. The van der Waals surface area contributed by atoms with E-state index in [-0.39, 0.29) is 25.2 Å². The van der Waals surface area contributed by atoms with Crippen molar-refractivity contribution in [2.75, 3.05) is 13.2 Å². The number of oxime groups is 1. The molecule has 7 rings (SSSR count). The molecular formula is C38H47N5O8S. The normalized spacial score (nSPS) is 28.5. The topological polar surface area (TPSA) is 173 Å². The average molecular weight is 734 g/mol. The Morgan fingerprint density at radius 3 is 2.44 bits per heavy atom. The lowest BCUT2D eigenvalue weighted by Crippen LogP contribution is -2.57. The van der Waals surface area contributed by atoms with E-state index < -0.39 is 68.0 Å². The molecule has 52 heavy (non-hydrogen) atoms. The van der Waals surface area contributed by atoms with Gasteiger partial charge in [-0.05, 0) is 101 Å². The quantitative estimate of drug-likeness (QED) is 0.338. The summed E-state index contributed by atoms with van der Waals surface area (Å²) in [5.41, 5.74) is 1.99. The molecule has 4 bridgehead atoms. The average Bonchev–Trinajstić information content (AvgIpc) is 4.00. The third-order valence-electron chi connectivity index (χ3n) is 10.9. The van der Waals surface area contributed by atoms with Crippen molar-refractivity contribution < 1.29 is 37.2 Å². The van der Waals surface area contributed by atoms with Crippen LogP contribution in [0.5, 0.6) is 5.75 Å². The van der Waals surface area contributed by atoms with Gasteiger partial charge in [0.2, 0.25) is 21.8 Å². The van der Waals surface area contributed by atoms with Crippen LogP contribution in [-0.2, 0) is 29.2 Å². The SMILES string of the molecule is CC[C@H]1C[C@]1(NC(=O)[C@@H]1C[C@@H]2C[C@H]1C(=O)N(C(C)(C)C)C(=O)NCCCCOc1ccc3c(c1)/C(=N\O2)c1ccccc1-3)C(=O)NS(=O)(=O)C1CC1. The molecule has 14 heteroatoms. The summed E-state index contributed by atoms with van der Waals surface area (Å²) in [6, 6.07) is 13.2. The second-order valence-corrected chi connectivity index (χ2v) is 17.6. The number of hydrogen-bond acceptors (Lipinski definition) is 9. The Morgan fingerprint density at radius 2 is 1.75 bits per heavy atom. The molecule has 0 spiro atoms. The number of urea groups is 1. The van der Waals surface area contributed by atoms with Gasteiger partial charge in [0.15, 0.2) is 0 Å². The summed E-state index contributed by atoms with van der Waals surface area (Å²) in [6.45, 7) is 7.89. The van der Waals surface area contributed by atoms with Gasteiger partial charge in [-0.1, -0.05) is 42.8 Å². The molecule has 3 N–H and O–H groups in total. The van der Waals surface area contributed by atoms with Crippen LogP contribution in [-0.4, -0.2) is 78.4 Å². The maximum absolute atomic E-state index is 14.5. The van der Waals surface area contributed by atoms with Gasteiger partial charge in [-0.25, -0.2) is 13.2 Å². The third kappa shape index (κ3) is 6.77. The van der Waals surface area contributed by atoms with E-state index in [1.54, 1.807) is 20.8 Å². The number of hydrogen-bond donors (Lipinski definition) is 3. The minimum absolute atomic E-state index is 0.0884. The van der Waals surface area contributed by atoms with Crippen molar-refractivity contribution in [2.45, 2.75) is 101 Å². The maximum atomic E-state index is 14.5. The maximum Gasteiger partial charge on any atom is 0.324 e. The molecule has 3 saturated carbocycles. The molecule has 0 aromatic heterocycles. The first-order valence-electron chi connectivity index (χ1n) is 18.3. The fraction of sp³-hybridized carbons (Fsp3) is 0.553. The van der Waals surface area contributed by atoms with Crippen LogP contribution in [0.1, 0.15) is 90.2 Å². The molecular weight excluding hydrogens is 687 g/mol. The van der Waals surface area contributed by atoms with Gasteiger partial charge in [-0.3, -0.25) is 24.0 Å². The zero-order chi connectivity index (χ0) is 37.0. The third-order valence-corrected chi connectivity index (χ3v) is 12.8. The standard InChI is InChI=1S/C38H47N5O8S/c1-5-22-21-38(22,35(46)42-52(48,49)25-13-14-25)40-33(44)30-19-24-20-31(30)34(45)43(37(2,3)4)36(47)39-16-8-9-17-50-23-12-15-27-26-10-6-7-11-28(26)32(41-51-24)29(27)18-23/h6-7,10-12,15,18,22,24-25,30-31H,5,8-9,13-14,16-17,19-21H2,1-4H3,(H,39,47)(H,40,44)(H,42,46)/b41-32-/t22-,24+,30+,31+,38+/m0/s1. The first-order chi connectivity index (χ1) is 24.7. The Bertz CT molecular complexity index is 1940. The number of carbonyl (C=O) groups excluding carboxylic acids is 4. The van der Waals surface area contributed by atoms with E-state index in [1.165, 1.54) is 4.90 Å². The highest BCUT2D eigenvalue weighted by atomic mass is 32.2. The van der Waals surface area contributed by atoms with Gasteiger partial charge >= 0.3 is 6.03 Å². The molecule has 13 nitrogen and oxygen atoms in total. The van der Waals surface area contributed by atoms with E-state index in [4.69, 9.17) is 9.57 Å². The van der Waals surface area contributed by atoms with Crippen LogP contribution in [0.15, 0.2) is 47.6 Å². The minimum Gasteiger partial charge on any atom is -0.494 e. The van der Waals surface area contributed by atoms with Crippen molar-refractivity contribution >= 4 is 39.5 Å². The number of nitrogens with one attached hydrogen (secondary N) is 3. The van der Waals surface area contributed by atoms with Crippen LogP contribution in [0, 0.1) is 17.8 Å². The first-order valence-corrected chi connectivity index (χ1v) is 19.9. The van der Waals surface area contributed by atoms with Crippen molar-refractivity contribution in [3.8, 4) is 16.9 Å². The van der Waals surface area contributed by atoms with Crippen molar-refractivity contribution in [1.29, 1.82) is 0 Å². The molecule has 5 atom stereocenters. The Morgan fingerprint density at radius 1 is 1.02 bits per heavy atom. The lowest BCUT2D eigenvalue weighted by atomic mass is 9.91. The van der Waals surface area contributed by atoms with Gasteiger partial charge in [-0.15, -0.1) is 0 Å². The van der Waals surface area contributed by atoms with Crippen molar-refractivity contribution in [2.24, 2.45) is 22.9 Å². The molecule has 5 aliphatic rings. The summed E-state index contributed by atoms with van der Waals surface area (Å²) in [5.74, 6) is -3.40. The second kappa shape index (κ2) is 13.5. The highest BCUT2D eigenvalue weighted by Crippen LogP contribution is 2.48. The van der Waals surface area contributed by atoms with E-state index >= 15 is 0 Å². The van der Waals surface area contributed by atoms with E-state index in [1.807, 2.05) is 49.4 Å². The van der Waals surface area contributed by atoms with Crippen LogP contribution < -0.4 is 20.1 Å². The minimum atomic E-state index is -3.85. The van der Waals surface area contributed by atoms with E-state index in [0.717, 1.165) is 22.3 Å². The van der Waals surface area contributed by atoms with Crippen LogP contribution in [0.25, 0.3) is 11.1 Å². The van der Waals surface area contributed by atoms with Crippen LogP contribution >= 0.6 is 0 Å².